The van der Waals surface area contributed by atoms with Crippen molar-refractivity contribution >= 4 is 11.7 Å². The molecule has 1 aromatic rings. The summed E-state index contributed by atoms with van der Waals surface area (Å²) in [7, 11) is 0. The summed E-state index contributed by atoms with van der Waals surface area (Å²) in [5, 5.41) is 10.7. The van der Waals surface area contributed by atoms with E-state index >= 15 is 0 Å². The number of carbonyl (C=O) groups is 1. The summed E-state index contributed by atoms with van der Waals surface area (Å²) >= 11 is 0. The van der Waals surface area contributed by atoms with E-state index in [4.69, 9.17) is 0 Å². The van der Waals surface area contributed by atoms with Crippen molar-refractivity contribution in [1.82, 2.24) is 4.98 Å². The van der Waals surface area contributed by atoms with Gasteiger partial charge < -0.3 is 14.8 Å². The number of pyridine rings is 1. The molecule has 1 saturated heterocycles. The molecule has 1 aliphatic heterocycles. The minimum Gasteiger partial charge on any atom is -0.550 e. The number of carboxylic acid groups (broad SMARTS) is 1. The molecule has 0 radical (unpaired) electrons. The number of hydrogen-bond acceptors (Lipinski definition) is 4. The van der Waals surface area contributed by atoms with Gasteiger partial charge in [-0.05, 0) is 25.0 Å². The number of piperidine rings is 1. The Balaban J connectivity index is 0.00000128. The SMILES string of the molecule is O=C([O-])C1CCN(c2ccncc2)CC1.[Li+]. The van der Waals surface area contributed by atoms with Crippen molar-refractivity contribution in [2.75, 3.05) is 18.0 Å². The van der Waals surface area contributed by atoms with E-state index in [0.29, 0.717) is 12.8 Å². The van der Waals surface area contributed by atoms with Crippen LogP contribution in [0.15, 0.2) is 24.5 Å². The van der Waals surface area contributed by atoms with Crippen LogP contribution in [0.3, 0.4) is 0 Å². The minimum atomic E-state index is -0.913. The van der Waals surface area contributed by atoms with Crippen molar-refractivity contribution in [3.8, 4) is 0 Å². The monoisotopic (exact) mass is 212 g/mol. The van der Waals surface area contributed by atoms with Crippen LogP contribution in [0.1, 0.15) is 12.8 Å². The topological polar surface area (TPSA) is 56.3 Å². The summed E-state index contributed by atoms with van der Waals surface area (Å²) in [5.41, 5.74) is 1.11. The van der Waals surface area contributed by atoms with Gasteiger partial charge in [-0.25, -0.2) is 0 Å². The Morgan fingerprint density at radius 1 is 1.31 bits per heavy atom. The van der Waals surface area contributed by atoms with Crippen molar-refractivity contribution in [2.45, 2.75) is 12.8 Å². The molecule has 1 aliphatic rings. The van der Waals surface area contributed by atoms with E-state index in [1.807, 2.05) is 12.1 Å². The van der Waals surface area contributed by atoms with E-state index in [-0.39, 0.29) is 24.8 Å². The summed E-state index contributed by atoms with van der Waals surface area (Å²) in [6.07, 6.45) is 4.84. The van der Waals surface area contributed by atoms with Crippen LogP contribution in [0.25, 0.3) is 0 Å². The maximum Gasteiger partial charge on any atom is 1.00 e. The molecule has 0 aromatic carbocycles. The number of carboxylic acids is 1. The van der Waals surface area contributed by atoms with E-state index in [2.05, 4.69) is 9.88 Å². The van der Waals surface area contributed by atoms with Crippen LogP contribution in [-0.2, 0) is 4.79 Å². The smallest absolute Gasteiger partial charge is 0.550 e. The van der Waals surface area contributed by atoms with Crippen molar-refractivity contribution < 1.29 is 28.8 Å². The number of anilines is 1. The summed E-state index contributed by atoms with van der Waals surface area (Å²) in [6.45, 7) is 1.56. The van der Waals surface area contributed by atoms with Crippen molar-refractivity contribution in [2.24, 2.45) is 5.92 Å². The number of hydrogen-bond donors (Lipinski definition) is 0. The molecule has 5 heteroatoms. The molecule has 0 spiro atoms. The molecule has 2 heterocycles. The van der Waals surface area contributed by atoms with Gasteiger partial charge in [0.2, 0.25) is 0 Å². The zero-order valence-electron chi connectivity index (χ0n) is 9.43. The summed E-state index contributed by atoms with van der Waals surface area (Å²) in [5.74, 6) is -1.19. The average molecular weight is 212 g/mol. The van der Waals surface area contributed by atoms with Crippen LogP contribution < -0.4 is 28.9 Å². The number of carbonyl (C=O) groups excluding carboxylic acids is 1. The average Bonchev–Trinajstić information content (AvgIpc) is 2.30. The summed E-state index contributed by atoms with van der Waals surface area (Å²) < 4.78 is 0. The van der Waals surface area contributed by atoms with Gasteiger partial charge in [-0.1, -0.05) is 0 Å². The first-order valence-electron chi connectivity index (χ1n) is 5.13. The Morgan fingerprint density at radius 3 is 2.38 bits per heavy atom. The van der Waals surface area contributed by atoms with E-state index < -0.39 is 5.97 Å². The van der Waals surface area contributed by atoms with Gasteiger partial charge >= 0.3 is 18.9 Å². The van der Waals surface area contributed by atoms with E-state index in [1.54, 1.807) is 12.4 Å². The third-order valence-corrected chi connectivity index (χ3v) is 2.86. The number of aromatic nitrogens is 1. The quantitative estimate of drug-likeness (QED) is 0.492. The number of rotatable bonds is 2. The van der Waals surface area contributed by atoms with Crippen molar-refractivity contribution in [3.05, 3.63) is 24.5 Å². The predicted molar refractivity (Wildman–Crippen MR) is 54.2 cm³/mol. The molecule has 0 atom stereocenters. The van der Waals surface area contributed by atoms with E-state index in [9.17, 15) is 9.90 Å². The largest absolute Gasteiger partial charge is 1.00 e. The van der Waals surface area contributed by atoms with Crippen LogP contribution in [-0.4, -0.2) is 24.0 Å². The van der Waals surface area contributed by atoms with E-state index in [0.717, 1.165) is 18.8 Å². The third-order valence-electron chi connectivity index (χ3n) is 2.86. The fourth-order valence-electron chi connectivity index (χ4n) is 1.93. The van der Waals surface area contributed by atoms with Gasteiger partial charge in [0.1, 0.15) is 0 Å². The van der Waals surface area contributed by atoms with Gasteiger partial charge in [-0.2, -0.15) is 0 Å². The standard InChI is InChI=1S/C11H14N2O2.Li/c14-11(15)9-3-7-13(8-4-9)10-1-5-12-6-2-10;/h1-2,5-6,9H,3-4,7-8H2,(H,14,15);/q;+1/p-1. The van der Waals surface area contributed by atoms with Crippen LogP contribution >= 0.6 is 0 Å². The first-order chi connectivity index (χ1) is 7.27. The molecule has 80 valence electrons. The fourth-order valence-corrected chi connectivity index (χ4v) is 1.93. The van der Waals surface area contributed by atoms with Gasteiger partial charge in [0.15, 0.2) is 0 Å². The Morgan fingerprint density at radius 2 is 1.88 bits per heavy atom. The first-order valence-corrected chi connectivity index (χ1v) is 5.13. The van der Waals surface area contributed by atoms with Crippen molar-refractivity contribution in [3.63, 3.8) is 0 Å². The molecular weight excluding hydrogens is 199 g/mol. The van der Waals surface area contributed by atoms with Gasteiger partial charge in [-0.3, -0.25) is 4.98 Å². The Bertz CT molecular complexity index is 337. The molecule has 0 aliphatic carbocycles. The molecule has 2 rings (SSSR count). The number of nitrogens with zero attached hydrogens (tertiary/aromatic N) is 2. The second-order valence-corrected chi connectivity index (χ2v) is 3.79. The molecule has 0 unspecified atom stereocenters. The van der Waals surface area contributed by atoms with Gasteiger partial charge in [0.05, 0.1) is 0 Å². The van der Waals surface area contributed by atoms with Gasteiger partial charge in [0.25, 0.3) is 0 Å². The zero-order valence-corrected chi connectivity index (χ0v) is 9.43. The Kier molecular flexibility index (Phi) is 4.85. The van der Waals surface area contributed by atoms with Crippen molar-refractivity contribution in [1.29, 1.82) is 0 Å². The molecule has 0 bridgehead atoms. The van der Waals surface area contributed by atoms with Crippen LogP contribution in [0.4, 0.5) is 5.69 Å². The van der Waals surface area contributed by atoms with Gasteiger partial charge in [-0.15, -0.1) is 0 Å². The maximum atomic E-state index is 10.7. The van der Waals surface area contributed by atoms with Crippen LogP contribution in [0.2, 0.25) is 0 Å². The molecule has 16 heavy (non-hydrogen) atoms. The summed E-state index contributed by atoms with van der Waals surface area (Å²) in [6, 6.07) is 3.89. The Hall–Kier alpha value is -0.983. The van der Waals surface area contributed by atoms with E-state index in [1.165, 1.54) is 0 Å². The first kappa shape index (κ1) is 13.1. The molecule has 0 N–H and O–H groups in total. The Labute approximate surface area is 107 Å². The molecular formula is C11H13LiN2O2. The second-order valence-electron chi connectivity index (χ2n) is 3.79. The molecule has 0 amide bonds. The minimum absolute atomic E-state index is 0. The normalized spacial score (nSPS) is 16.6. The second kappa shape index (κ2) is 5.93. The molecule has 4 nitrogen and oxygen atoms in total. The molecule has 1 aromatic heterocycles. The third kappa shape index (κ3) is 3.00. The van der Waals surface area contributed by atoms with Crippen LogP contribution in [0, 0.1) is 5.92 Å². The molecule has 0 saturated carbocycles. The molecule has 1 fully saturated rings. The van der Waals surface area contributed by atoms with Gasteiger partial charge in [0, 0.05) is 43.1 Å². The fraction of sp³-hybridized carbons (Fsp3) is 0.455. The number of aliphatic carboxylic acids is 1. The predicted octanol–water partition coefficient (Wildman–Crippen LogP) is -2.95. The van der Waals surface area contributed by atoms with Crippen LogP contribution in [0.5, 0.6) is 0 Å². The summed E-state index contributed by atoms with van der Waals surface area (Å²) in [4.78, 5) is 16.8. The zero-order chi connectivity index (χ0) is 10.7. The maximum absolute atomic E-state index is 10.7.